The van der Waals surface area contributed by atoms with Gasteiger partial charge in [-0.1, -0.05) is 0 Å². The van der Waals surface area contributed by atoms with Gasteiger partial charge in [-0.2, -0.15) is 0 Å². The number of carboxylic acids is 1. The Balaban J connectivity index is 1.96. The van der Waals surface area contributed by atoms with Gasteiger partial charge in [-0.25, -0.2) is 9.78 Å². The summed E-state index contributed by atoms with van der Waals surface area (Å²) in [5.41, 5.74) is 0.522. The van der Waals surface area contributed by atoms with Crippen LogP contribution in [0.3, 0.4) is 0 Å². The maximum atomic E-state index is 11.2. The minimum absolute atomic E-state index is 0.240. The molecule has 1 fully saturated rings. The number of thiazole rings is 1. The van der Waals surface area contributed by atoms with Crippen LogP contribution in [0.1, 0.15) is 34.2 Å². The van der Waals surface area contributed by atoms with E-state index in [-0.39, 0.29) is 23.7 Å². The van der Waals surface area contributed by atoms with Crippen molar-refractivity contribution in [3.05, 3.63) is 15.6 Å². The average Bonchev–Trinajstić information content (AvgIpc) is 2.79. The lowest BCUT2D eigenvalue weighted by Gasteiger charge is -2.35. The summed E-state index contributed by atoms with van der Waals surface area (Å²) in [6, 6.07) is 0. The molecule has 0 spiro atoms. The van der Waals surface area contributed by atoms with Crippen LogP contribution in [0, 0.1) is 0 Å². The molecule has 1 aromatic heterocycles. The molecule has 1 aliphatic heterocycles. The third-order valence-electron chi connectivity index (χ3n) is 3.35. The number of carbonyl (C=O) groups is 1. The van der Waals surface area contributed by atoms with Gasteiger partial charge in [0.1, 0.15) is 4.88 Å². The second-order valence-corrected chi connectivity index (χ2v) is 6.47. The SMILES string of the molecule is COCc1nc(CCN2CC(C)OC(C)C2)sc1C(=O)O. The van der Waals surface area contributed by atoms with E-state index < -0.39 is 5.97 Å². The quantitative estimate of drug-likeness (QED) is 0.860. The summed E-state index contributed by atoms with van der Waals surface area (Å²) >= 11 is 1.25. The van der Waals surface area contributed by atoms with Crippen LogP contribution in [0.2, 0.25) is 0 Å². The molecule has 6 nitrogen and oxygen atoms in total. The zero-order chi connectivity index (χ0) is 15.4. The normalized spacial score (nSPS) is 23.4. The second kappa shape index (κ2) is 7.31. The molecule has 7 heteroatoms. The zero-order valence-electron chi connectivity index (χ0n) is 12.7. The van der Waals surface area contributed by atoms with E-state index in [9.17, 15) is 9.90 Å². The molecule has 0 aliphatic carbocycles. The Hall–Kier alpha value is -1.02. The molecule has 0 amide bonds. The smallest absolute Gasteiger partial charge is 0.347 e. The number of morpholine rings is 1. The van der Waals surface area contributed by atoms with Crippen molar-refractivity contribution in [2.24, 2.45) is 0 Å². The molecule has 0 bridgehead atoms. The summed E-state index contributed by atoms with van der Waals surface area (Å²) in [5.74, 6) is -0.931. The van der Waals surface area contributed by atoms with Crippen LogP contribution in [0.4, 0.5) is 0 Å². The van der Waals surface area contributed by atoms with Crippen molar-refractivity contribution in [2.75, 3.05) is 26.7 Å². The van der Waals surface area contributed by atoms with Crippen molar-refractivity contribution in [3.8, 4) is 0 Å². The van der Waals surface area contributed by atoms with Crippen molar-refractivity contribution >= 4 is 17.3 Å². The molecule has 0 aromatic carbocycles. The molecule has 1 aromatic rings. The van der Waals surface area contributed by atoms with Crippen LogP contribution < -0.4 is 0 Å². The number of methoxy groups -OCH3 is 1. The standard InChI is InChI=1S/C14H22N2O4S/c1-9-6-16(7-10(2)20-9)5-4-12-15-11(8-19-3)13(21-12)14(17)18/h9-10H,4-8H2,1-3H3,(H,17,18). The molecular weight excluding hydrogens is 292 g/mol. The van der Waals surface area contributed by atoms with Gasteiger partial charge in [0.2, 0.25) is 0 Å². The predicted octanol–water partition coefficient (Wildman–Crippen LogP) is 1.64. The second-order valence-electron chi connectivity index (χ2n) is 5.39. The Morgan fingerprint density at radius 2 is 2.14 bits per heavy atom. The molecule has 2 rings (SSSR count). The number of nitrogens with zero attached hydrogens (tertiary/aromatic N) is 2. The van der Waals surface area contributed by atoms with Gasteiger partial charge in [-0.3, -0.25) is 4.90 Å². The Kier molecular flexibility index (Phi) is 5.69. The monoisotopic (exact) mass is 314 g/mol. The fraction of sp³-hybridized carbons (Fsp3) is 0.714. The van der Waals surface area contributed by atoms with Gasteiger partial charge in [0.25, 0.3) is 0 Å². The first-order chi connectivity index (χ1) is 9.99. The highest BCUT2D eigenvalue weighted by molar-refractivity contribution is 7.13. The third kappa shape index (κ3) is 4.47. The number of aromatic carboxylic acids is 1. The number of aromatic nitrogens is 1. The lowest BCUT2D eigenvalue weighted by atomic mass is 10.2. The molecule has 1 N–H and O–H groups in total. The molecule has 0 radical (unpaired) electrons. The van der Waals surface area contributed by atoms with Gasteiger partial charge < -0.3 is 14.6 Å². The first-order valence-electron chi connectivity index (χ1n) is 7.08. The summed E-state index contributed by atoms with van der Waals surface area (Å²) in [5, 5.41) is 10.0. The fourth-order valence-electron chi connectivity index (χ4n) is 2.63. The summed E-state index contributed by atoms with van der Waals surface area (Å²) in [4.78, 5) is 18.2. The molecule has 2 heterocycles. The van der Waals surface area contributed by atoms with Crippen molar-refractivity contribution in [2.45, 2.75) is 39.1 Å². The highest BCUT2D eigenvalue weighted by Crippen LogP contribution is 2.21. The summed E-state index contributed by atoms with van der Waals surface area (Å²) in [7, 11) is 1.54. The Labute approximate surface area is 128 Å². The molecule has 1 saturated heterocycles. The largest absolute Gasteiger partial charge is 0.477 e. The Morgan fingerprint density at radius 1 is 1.48 bits per heavy atom. The maximum Gasteiger partial charge on any atom is 0.347 e. The van der Waals surface area contributed by atoms with Crippen LogP contribution >= 0.6 is 11.3 Å². The van der Waals surface area contributed by atoms with Gasteiger partial charge in [-0.05, 0) is 13.8 Å². The topological polar surface area (TPSA) is 71.9 Å². The minimum Gasteiger partial charge on any atom is -0.477 e. The highest BCUT2D eigenvalue weighted by atomic mass is 32.1. The van der Waals surface area contributed by atoms with E-state index in [1.165, 1.54) is 11.3 Å². The Bertz CT molecular complexity index is 481. The first-order valence-corrected chi connectivity index (χ1v) is 7.90. The molecule has 118 valence electrons. The van der Waals surface area contributed by atoms with Gasteiger partial charge in [-0.15, -0.1) is 11.3 Å². The van der Waals surface area contributed by atoms with E-state index >= 15 is 0 Å². The molecule has 2 atom stereocenters. The Morgan fingerprint density at radius 3 is 2.71 bits per heavy atom. The van der Waals surface area contributed by atoms with Gasteiger partial charge in [0.15, 0.2) is 0 Å². The van der Waals surface area contributed by atoms with E-state index in [0.29, 0.717) is 5.69 Å². The van der Waals surface area contributed by atoms with Gasteiger partial charge >= 0.3 is 5.97 Å². The molecule has 1 aliphatic rings. The number of rotatable bonds is 6. The molecule has 0 saturated carbocycles. The molecule has 21 heavy (non-hydrogen) atoms. The van der Waals surface area contributed by atoms with E-state index in [1.807, 2.05) is 0 Å². The van der Waals surface area contributed by atoms with E-state index in [1.54, 1.807) is 7.11 Å². The lowest BCUT2D eigenvalue weighted by molar-refractivity contribution is -0.0675. The number of hydrogen-bond donors (Lipinski definition) is 1. The summed E-state index contributed by atoms with van der Waals surface area (Å²) < 4.78 is 10.7. The van der Waals surface area contributed by atoms with E-state index in [2.05, 4.69) is 23.7 Å². The average molecular weight is 314 g/mol. The summed E-state index contributed by atoms with van der Waals surface area (Å²) in [6.45, 7) is 7.08. The first kappa shape index (κ1) is 16.4. The summed E-state index contributed by atoms with van der Waals surface area (Å²) in [6.07, 6.45) is 1.24. The predicted molar refractivity (Wildman–Crippen MR) is 79.9 cm³/mol. The number of ether oxygens (including phenoxy) is 2. The third-order valence-corrected chi connectivity index (χ3v) is 4.50. The van der Waals surface area contributed by atoms with Crippen LogP contribution in [0.5, 0.6) is 0 Å². The van der Waals surface area contributed by atoms with E-state index in [0.717, 1.165) is 31.1 Å². The van der Waals surface area contributed by atoms with Crippen LogP contribution in [0.25, 0.3) is 0 Å². The van der Waals surface area contributed by atoms with Crippen molar-refractivity contribution < 1.29 is 19.4 Å². The molecule has 2 unspecified atom stereocenters. The minimum atomic E-state index is -0.931. The fourth-order valence-corrected chi connectivity index (χ4v) is 3.52. The van der Waals surface area contributed by atoms with Crippen molar-refractivity contribution in [1.82, 2.24) is 9.88 Å². The lowest BCUT2D eigenvalue weighted by Crippen LogP contribution is -2.46. The highest BCUT2D eigenvalue weighted by Gasteiger charge is 2.23. The number of hydrogen-bond acceptors (Lipinski definition) is 6. The molecular formula is C14H22N2O4S. The van der Waals surface area contributed by atoms with Crippen molar-refractivity contribution in [1.29, 1.82) is 0 Å². The van der Waals surface area contributed by atoms with Crippen LogP contribution in [0.15, 0.2) is 0 Å². The number of carboxylic acid groups (broad SMARTS) is 1. The van der Waals surface area contributed by atoms with Gasteiger partial charge in [0, 0.05) is 33.2 Å². The van der Waals surface area contributed by atoms with Crippen LogP contribution in [-0.4, -0.2) is 59.9 Å². The van der Waals surface area contributed by atoms with E-state index in [4.69, 9.17) is 9.47 Å². The van der Waals surface area contributed by atoms with Gasteiger partial charge in [0.05, 0.1) is 29.5 Å². The maximum absolute atomic E-state index is 11.2. The zero-order valence-corrected chi connectivity index (χ0v) is 13.5. The van der Waals surface area contributed by atoms with Crippen LogP contribution in [-0.2, 0) is 22.5 Å². The van der Waals surface area contributed by atoms with Crippen molar-refractivity contribution in [3.63, 3.8) is 0 Å².